The quantitative estimate of drug-likeness (QED) is 0.628. The summed E-state index contributed by atoms with van der Waals surface area (Å²) in [4.78, 5) is 10.8. The van der Waals surface area contributed by atoms with Crippen molar-refractivity contribution >= 4 is 33.3 Å². The van der Waals surface area contributed by atoms with Crippen LogP contribution in [0.5, 0.6) is 0 Å². The maximum absolute atomic E-state index is 11.9. The van der Waals surface area contributed by atoms with Gasteiger partial charge in [-0.3, -0.25) is 4.79 Å². The molecule has 1 rings (SSSR count). The van der Waals surface area contributed by atoms with Crippen molar-refractivity contribution in [1.82, 2.24) is 4.72 Å². The highest BCUT2D eigenvalue weighted by molar-refractivity contribution is 7.89. The van der Waals surface area contributed by atoms with Gasteiger partial charge in [-0.05, 0) is 24.6 Å². The Hall–Kier alpha value is -1.31. The number of carbonyl (C=O) groups excluding carboxylic acids is 1. The number of sulfonamides is 1. The Labute approximate surface area is 110 Å². The minimum absolute atomic E-state index is 0.0502. The molecule has 0 spiro atoms. The van der Waals surface area contributed by atoms with E-state index in [1.807, 2.05) is 0 Å². The van der Waals surface area contributed by atoms with Crippen molar-refractivity contribution in [3.8, 4) is 0 Å². The number of hydrogen-bond donors (Lipinski definition) is 2. The van der Waals surface area contributed by atoms with Gasteiger partial charge >= 0.3 is 5.97 Å². The van der Waals surface area contributed by atoms with E-state index in [-0.39, 0.29) is 10.6 Å². The number of nitrogen functional groups attached to an aromatic ring is 1. The van der Waals surface area contributed by atoms with E-state index >= 15 is 0 Å². The summed E-state index contributed by atoms with van der Waals surface area (Å²) >= 11 is 5.84. The topological polar surface area (TPSA) is 98.5 Å². The maximum atomic E-state index is 11.9. The average molecular weight is 293 g/mol. The predicted octanol–water partition coefficient (Wildman–Crippen LogP) is 0.682. The van der Waals surface area contributed by atoms with Gasteiger partial charge in [0.25, 0.3) is 0 Å². The van der Waals surface area contributed by atoms with E-state index < -0.39 is 22.5 Å². The van der Waals surface area contributed by atoms with Crippen LogP contribution in [0.1, 0.15) is 5.56 Å². The Morgan fingerprint density at radius 3 is 2.61 bits per heavy atom. The molecule has 0 aliphatic rings. The van der Waals surface area contributed by atoms with E-state index in [4.69, 9.17) is 17.3 Å². The van der Waals surface area contributed by atoms with Crippen LogP contribution in [0.15, 0.2) is 17.0 Å². The van der Waals surface area contributed by atoms with Crippen molar-refractivity contribution in [2.24, 2.45) is 0 Å². The number of nitrogens with one attached hydrogen (secondary N) is 1. The molecule has 1 aromatic rings. The Morgan fingerprint density at radius 1 is 1.50 bits per heavy atom. The predicted molar refractivity (Wildman–Crippen MR) is 67.8 cm³/mol. The number of ether oxygens (including phenoxy) is 1. The van der Waals surface area contributed by atoms with Crippen LogP contribution in [0.3, 0.4) is 0 Å². The molecule has 100 valence electrons. The molecule has 0 aromatic heterocycles. The van der Waals surface area contributed by atoms with Gasteiger partial charge in [0.1, 0.15) is 6.54 Å². The fraction of sp³-hybridized carbons (Fsp3) is 0.300. The third-order valence-electron chi connectivity index (χ3n) is 2.20. The molecule has 8 heteroatoms. The lowest BCUT2D eigenvalue weighted by Crippen LogP contribution is -2.30. The van der Waals surface area contributed by atoms with Crippen LogP contribution in [0.4, 0.5) is 5.69 Å². The first-order chi connectivity index (χ1) is 8.27. The summed E-state index contributed by atoms with van der Waals surface area (Å²) in [5.74, 6) is -0.683. The lowest BCUT2D eigenvalue weighted by atomic mass is 10.2. The van der Waals surface area contributed by atoms with Gasteiger partial charge in [0.15, 0.2) is 0 Å². The number of carbonyl (C=O) groups is 1. The Morgan fingerprint density at radius 2 is 2.11 bits per heavy atom. The largest absolute Gasteiger partial charge is 0.468 e. The second-order valence-electron chi connectivity index (χ2n) is 3.54. The van der Waals surface area contributed by atoms with Crippen molar-refractivity contribution in [2.45, 2.75) is 11.8 Å². The highest BCUT2D eigenvalue weighted by Gasteiger charge is 2.18. The van der Waals surface area contributed by atoms with Crippen LogP contribution in [0.25, 0.3) is 0 Å². The van der Waals surface area contributed by atoms with Gasteiger partial charge in [0, 0.05) is 0 Å². The molecule has 0 amide bonds. The number of methoxy groups -OCH3 is 1. The van der Waals surface area contributed by atoms with Gasteiger partial charge in [-0.1, -0.05) is 11.6 Å². The molecule has 0 atom stereocenters. The number of aryl methyl sites for hydroxylation is 1. The van der Waals surface area contributed by atoms with E-state index in [1.165, 1.54) is 19.2 Å². The molecule has 0 heterocycles. The van der Waals surface area contributed by atoms with Crippen LogP contribution in [0, 0.1) is 6.92 Å². The monoisotopic (exact) mass is 292 g/mol. The first-order valence-electron chi connectivity index (χ1n) is 4.90. The minimum Gasteiger partial charge on any atom is -0.468 e. The first-order valence-corrected chi connectivity index (χ1v) is 6.76. The number of benzene rings is 1. The van der Waals surface area contributed by atoms with Crippen LogP contribution in [0.2, 0.25) is 5.02 Å². The van der Waals surface area contributed by atoms with Gasteiger partial charge in [0.05, 0.1) is 22.7 Å². The van der Waals surface area contributed by atoms with Crippen molar-refractivity contribution in [3.05, 3.63) is 22.7 Å². The zero-order valence-corrected chi connectivity index (χ0v) is 11.4. The number of esters is 1. The number of anilines is 1. The van der Waals surface area contributed by atoms with Gasteiger partial charge in [-0.15, -0.1) is 0 Å². The van der Waals surface area contributed by atoms with E-state index in [1.54, 1.807) is 6.92 Å². The standard InChI is InChI=1S/C10H13ClN2O4S/c1-6-3-7(4-8(12)10(6)11)18(15,16)13-5-9(14)17-2/h3-4,13H,5,12H2,1-2H3. The maximum Gasteiger partial charge on any atom is 0.320 e. The second kappa shape index (κ2) is 5.55. The fourth-order valence-electron chi connectivity index (χ4n) is 1.23. The second-order valence-corrected chi connectivity index (χ2v) is 5.69. The average Bonchev–Trinajstić information content (AvgIpc) is 2.32. The summed E-state index contributed by atoms with van der Waals surface area (Å²) in [6, 6.07) is 2.60. The summed E-state index contributed by atoms with van der Waals surface area (Å²) < 4.78 is 30.1. The lowest BCUT2D eigenvalue weighted by molar-refractivity contribution is -0.139. The van der Waals surface area contributed by atoms with E-state index in [0.29, 0.717) is 10.6 Å². The number of nitrogens with two attached hydrogens (primary N) is 1. The van der Waals surface area contributed by atoms with E-state index in [0.717, 1.165) is 0 Å². The summed E-state index contributed by atoms with van der Waals surface area (Å²) in [6.45, 7) is 1.19. The normalized spacial score (nSPS) is 11.3. The highest BCUT2D eigenvalue weighted by Crippen LogP contribution is 2.26. The van der Waals surface area contributed by atoms with Gasteiger partial charge < -0.3 is 10.5 Å². The van der Waals surface area contributed by atoms with Crippen molar-refractivity contribution < 1.29 is 17.9 Å². The van der Waals surface area contributed by atoms with Crippen LogP contribution < -0.4 is 10.5 Å². The molecule has 0 bridgehead atoms. The third-order valence-corrected chi connectivity index (χ3v) is 4.10. The van der Waals surface area contributed by atoms with Crippen LogP contribution >= 0.6 is 11.6 Å². The zero-order valence-electron chi connectivity index (χ0n) is 9.86. The summed E-state index contributed by atoms with van der Waals surface area (Å²) in [5, 5.41) is 0.307. The third kappa shape index (κ3) is 3.34. The molecule has 0 aliphatic carbocycles. The van der Waals surface area contributed by atoms with Crippen molar-refractivity contribution in [2.75, 3.05) is 19.4 Å². The smallest absolute Gasteiger partial charge is 0.320 e. The van der Waals surface area contributed by atoms with Gasteiger partial charge in [0.2, 0.25) is 10.0 Å². The number of halogens is 1. The molecular weight excluding hydrogens is 280 g/mol. The molecule has 0 saturated heterocycles. The molecule has 0 fully saturated rings. The van der Waals surface area contributed by atoms with Gasteiger partial charge in [-0.25, -0.2) is 8.42 Å². The SMILES string of the molecule is COC(=O)CNS(=O)(=O)c1cc(C)c(Cl)c(N)c1. The summed E-state index contributed by atoms with van der Waals surface area (Å²) in [5.41, 5.74) is 6.28. The Kier molecular flexibility index (Phi) is 4.55. The van der Waals surface area contributed by atoms with E-state index in [9.17, 15) is 13.2 Å². The number of hydrogen-bond acceptors (Lipinski definition) is 5. The van der Waals surface area contributed by atoms with Gasteiger partial charge in [-0.2, -0.15) is 4.72 Å². The van der Waals surface area contributed by atoms with E-state index in [2.05, 4.69) is 9.46 Å². The molecule has 18 heavy (non-hydrogen) atoms. The molecule has 1 aromatic carbocycles. The van der Waals surface area contributed by atoms with Crippen LogP contribution in [-0.4, -0.2) is 28.0 Å². The first kappa shape index (κ1) is 14.7. The Bertz CT molecular complexity index is 548. The molecule has 0 aliphatic heterocycles. The van der Waals surface area contributed by atoms with Crippen molar-refractivity contribution in [3.63, 3.8) is 0 Å². The molecule has 0 radical (unpaired) electrons. The summed E-state index contributed by atoms with van der Waals surface area (Å²) in [7, 11) is -2.65. The van der Waals surface area contributed by atoms with Crippen LogP contribution in [-0.2, 0) is 19.6 Å². The lowest BCUT2D eigenvalue weighted by Gasteiger charge is -2.09. The molecule has 0 unspecified atom stereocenters. The Balaban J connectivity index is 3.02. The molecule has 6 nitrogen and oxygen atoms in total. The molecule has 3 N–H and O–H groups in total. The molecule has 0 saturated carbocycles. The highest BCUT2D eigenvalue weighted by atomic mass is 35.5. The van der Waals surface area contributed by atoms with Crippen molar-refractivity contribution in [1.29, 1.82) is 0 Å². The summed E-state index contributed by atoms with van der Waals surface area (Å²) in [6.07, 6.45) is 0. The fourth-order valence-corrected chi connectivity index (χ4v) is 2.42. The minimum atomic E-state index is -3.82. The molecular formula is C10H13ClN2O4S. The zero-order chi connectivity index (χ0) is 13.9. The number of rotatable bonds is 4.